The molecular weight excluding hydrogens is 461 g/mol. The number of carbonyl (C=O) groups is 2. The lowest BCUT2D eigenvalue weighted by molar-refractivity contribution is -0.132. The van der Waals surface area contributed by atoms with Gasteiger partial charge in [0.05, 0.1) is 12.1 Å². The minimum Gasteiger partial charge on any atom is -0.384 e. The molecule has 33 heavy (non-hydrogen) atoms. The molecule has 2 amide bonds. The van der Waals surface area contributed by atoms with Crippen molar-refractivity contribution in [2.45, 2.75) is 51.2 Å². The number of nitrogens with one attached hydrogen (secondary N) is 2. The smallest absolute Gasteiger partial charge is 0.237 e. The SMILES string of the molecule is Cc1cccc(C2CCN([C@@H](C)C(=O)NCc3ccc(C(=N)N)cc3)C(C(N)=O)C2)c1.Cl.Cl. The molecule has 1 aliphatic rings. The van der Waals surface area contributed by atoms with E-state index in [0.29, 0.717) is 25.1 Å². The summed E-state index contributed by atoms with van der Waals surface area (Å²) in [6, 6.07) is 14.6. The molecule has 0 aliphatic carbocycles. The number of amides is 2. The highest BCUT2D eigenvalue weighted by Crippen LogP contribution is 2.33. The van der Waals surface area contributed by atoms with Crippen LogP contribution in [0.4, 0.5) is 0 Å². The Bertz CT molecular complexity index is 968. The van der Waals surface area contributed by atoms with Crippen molar-refractivity contribution >= 4 is 42.5 Å². The highest BCUT2D eigenvalue weighted by Gasteiger charge is 2.37. The van der Waals surface area contributed by atoms with Gasteiger partial charge in [-0.15, -0.1) is 24.8 Å². The lowest BCUT2D eigenvalue weighted by Crippen LogP contribution is -2.56. The Morgan fingerprint density at radius 1 is 1.15 bits per heavy atom. The Balaban J connectivity index is 0.00000272. The van der Waals surface area contributed by atoms with Crippen molar-refractivity contribution < 1.29 is 9.59 Å². The Hall–Kier alpha value is -2.61. The molecule has 6 N–H and O–H groups in total. The van der Waals surface area contributed by atoms with Gasteiger partial charge in [0.2, 0.25) is 11.8 Å². The molecule has 0 aromatic heterocycles. The number of likely N-dealkylation sites (tertiary alicyclic amines) is 1. The number of amidine groups is 1. The molecule has 0 radical (unpaired) electrons. The number of aryl methyl sites for hydroxylation is 1. The lowest BCUT2D eigenvalue weighted by atomic mass is 9.84. The largest absolute Gasteiger partial charge is 0.384 e. The number of nitrogen functional groups attached to an aromatic ring is 1. The maximum absolute atomic E-state index is 12.8. The number of hydrogen-bond acceptors (Lipinski definition) is 4. The third-order valence-electron chi connectivity index (χ3n) is 6.09. The summed E-state index contributed by atoms with van der Waals surface area (Å²) in [6.07, 6.45) is 1.49. The van der Waals surface area contributed by atoms with Crippen LogP contribution in [0, 0.1) is 12.3 Å². The van der Waals surface area contributed by atoms with E-state index in [9.17, 15) is 9.59 Å². The molecule has 2 unspecified atom stereocenters. The van der Waals surface area contributed by atoms with Crippen LogP contribution in [0.2, 0.25) is 0 Å². The minimum atomic E-state index is -0.477. The Morgan fingerprint density at radius 2 is 1.82 bits per heavy atom. The van der Waals surface area contributed by atoms with Gasteiger partial charge < -0.3 is 16.8 Å². The number of rotatable bonds is 7. The first-order valence-corrected chi connectivity index (χ1v) is 10.6. The van der Waals surface area contributed by atoms with Crippen molar-refractivity contribution in [3.05, 3.63) is 70.8 Å². The van der Waals surface area contributed by atoms with Gasteiger partial charge in [-0.3, -0.25) is 19.9 Å². The summed E-state index contributed by atoms with van der Waals surface area (Å²) in [6.45, 7) is 4.87. The van der Waals surface area contributed by atoms with Gasteiger partial charge in [0.25, 0.3) is 0 Å². The molecule has 3 atom stereocenters. The van der Waals surface area contributed by atoms with E-state index >= 15 is 0 Å². The summed E-state index contributed by atoms with van der Waals surface area (Å²) < 4.78 is 0. The summed E-state index contributed by atoms with van der Waals surface area (Å²) in [7, 11) is 0. The third-order valence-corrected chi connectivity index (χ3v) is 6.09. The minimum absolute atomic E-state index is 0. The molecule has 1 saturated heterocycles. The molecule has 180 valence electrons. The second kappa shape index (κ2) is 12.6. The number of halogens is 2. The molecule has 0 spiro atoms. The molecule has 7 nitrogen and oxygen atoms in total. The van der Waals surface area contributed by atoms with Gasteiger partial charge in [-0.1, -0.05) is 54.1 Å². The van der Waals surface area contributed by atoms with Crippen molar-refractivity contribution in [2.24, 2.45) is 11.5 Å². The van der Waals surface area contributed by atoms with Crippen molar-refractivity contribution in [1.29, 1.82) is 5.41 Å². The first-order valence-electron chi connectivity index (χ1n) is 10.6. The first kappa shape index (κ1) is 28.4. The van der Waals surface area contributed by atoms with Crippen LogP contribution in [-0.2, 0) is 16.1 Å². The van der Waals surface area contributed by atoms with Crippen LogP contribution in [0.5, 0.6) is 0 Å². The predicted molar refractivity (Wildman–Crippen MR) is 136 cm³/mol. The fraction of sp³-hybridized carbons (Fsp3) is 0.375. The highest BCUT2D eigenvalue weighted by atomic mass is 35.5. The zero-order chi connectivity index (χ0) is 22.5. The zero-order valence-corrected chi connectivity index (χ0v) is 20.5. The molecule has 0 bridgehead atoms. The van der Waals surface area contributed by atoms with Crippen molar-refractivity contribution in [2.75, 3.05) is 6.54 Å². The second-order valence-corrected chi connectivity index (χ2v) is 8.30. The van der Waals surface area contributed by atoms with E-state index in [0.717, 1.165) is 12.0 Å². The molecule has 1 heterocycles. The summed E-state index contributed by atoms with van der Waals surface area (Å²) in [5, 5.41) is 10.4. The molecule has 1 fully saturated rings. The molecule has 2 aromatic rings. The van der Waals surface area contributed by atoms with E-state index in [4.69, 9.17) is 16.9 Å². The standard InChI is InChI=1S/C24H31N5O2.2ClH/c1-15-4-3-5-19(12-15)20-10-11-29(21(13-20)23(27)30)16(2)24(31)28-14-17-6-8-18(9-7-17)22(25)26;;/h3-9,12,16,20-21H,10-11,13-14H2,1-2H3,(H3,25,26)(H2,27,30)(H,28,31);2*1H/t16-,20?,21?;;/m0../s1. The van der Waals surface area contributed by atoms with Gasteiger partial charge in [-0.25, -0.2) is 0 Å². The average Bonchev–Trinajstić information content (AvgIpc) is 2.76. The van der Waals surface area contributed by atoms with Gasteiger partial charge in [0, 0.05) is 18.7 Å². The number of nitrogens with zero attached hydrogens (tertiary/aromatic N) is 1. The Labute approximate surface area is 207 Å². The van der Waals surface area contributed by atoms with Gasteiger partial charge in [0.15, 0.2) is 0 Å². The predicted octanol–water partition coefficient (Wildman–Crippen LogP) is 2.86. The highest BCUT2D eigenvalue weighted by molar-refractivity contribution is 5.94. The van der Waals surface area contributed by atoms with Gasteiger partial charge >= 0.3 is 0 Å². The molecule has 0 saturated carbocycles. The van der Waals surface area contributed by atoms with Crippen LogP contribution < -0.4 is 16.8 Å². The maximum atomic E-state index is 12.8. The number of hydrogen-bond donors (Lipinski definition) is 4. The fourth-order valence-electron chi connectivity index (χ4n) is 4.24. The normalized spacial score (nSPS) is 18.8. The molecule has 9 heteroatoms. The van der Waals surface area contributed by atoms with E-state index in [1.807, 2.05) is 30.0 Å². The van der Waals surface area contributed by atoms with E-state index in [2.05, 4.69) is 30.4 Å². The summed E-state index contributed by atoms with van der Waals surface area (Å²) >= 11 is 0. The van der Waals surface area contributed by atoms with Crippen molar-refractivity contribution in [1.82, 2.24) is 10.2 Å². The van der Waals surface area contributed by atoms with E-state index < -0.39 is 18.0 Å². The van der Waals surface area contributed by atoms with Gasteiger partial charge in [0.1, 0.15) is 5.84 Å². The van der Waals surface area contributed by atoms with Crippen LogP contribution in [0.25, 0.3) is 0 Å². The Morgan fingerprint density at radius 3 is 2.39 bits per heavy atom. The van der Waals surface area contributed by atoms with Gasteiger partial charge in [-0.2, -0.15) is 0 Å². The number of benzene rings is 2. The molecular formula is C24H33Cl2N5O2. The molecule has 2 aromatic carbocycles. The monoisotopic (exact) mass is 493 g/mol. The number of primary amides is 1. The molecule has 3 rings (SSSR count). The Kier molecular flexibility index (Phi) is 10.8. The maximum Gasteiger partial charge on any atom is 0.237 e. The summed E-state index contributed by atoms with van der Waals surface area (Å²) in [5.41, 5.74) is 15.2. The second-order valence-electron chi connectivity index (χ2n) is 8.30. The quantitative estimate of drug-likeness (QED) is 0.349. The third kappa shape index (κ3) is 7.19. The van der Waals surface area contributed by atoms with Crippen molar-refractivity contribution in [3.63, 3.8) is 0 Å². The van der Waals surface area contributed by atoms with Crippen LogP contribution in [0.3, 0.4) is 0 Å². The van der Waals surface area contributed by atoms with Crippen LogP contribution in [0.1, 0.15) is 47.9 Å². The molecule has 1 aliphatic heterocycles. The van der Waals surface area contributed by atoms with Gasteiger partial charge in [-0.05, 0) is 43.7 Å². The van der Waals surface area contributed by atoms with E-state index in [1.54, 1.807) is 12.1 Å². The average molecular weight is 494 g/mol. The fourth-order valence-corrected chi connectivity index (χ4v) is 4.24. The number of piperidine rings is 1. The summed E-state index contributed by atoms with van der Waals surface area (Å²) in [4.78, 5) is 26.9. The van der Waals surface area contributed by atoms with Crippen LogP contribution >= 0.6 is 24.8 Å². The summed E-state index contributed by atoms with van der Waals surface area (Å²) in [5.74, 6) is -0.271. The van der Waals surface area contributed by atoms with E-state index in [-0.39, 0.29) is 42.5 Å². The zero-order valence-electron chi connectivity index (χ0n) is 18.9. The number of nitrogens with two attached hydrogens (primary N) is 2. The topological polar surface area (TPSA) is 125 Å². The first-order chi connectivity index (χ1) is 14.8. The van der Waals surface area contributed by atoms with Crippen LogP contribution in [-0.4, -0.2) is 41.2 Å². The number of carbonyl (C=O) groups excluding carboxylic acids is 2. The van der Waals surface area contributed by atoms with E-state index in [1.165, 1.54) is 11.1 Å². The van der Waals surface area contributed by atoms with Crippen molar-refractivity contribution in [3.8, 4) is 0 Å². The van der Waals surface area contributed by atoms with Crippen LogP contribution in [0.15, 0.2) is 48.5 Å². The lowest BCUT2D eigenvalue weighted by Gasteiger charge is -2.40.